The summed E-state index contributed by atoms with van der Waals surface area (Å²) in [5.41, 5.74) is 0.263. The number of carbonyl (C=O) groups is 1. The average Bonchev–Trinajstić information content (AvgIpc) is 3.24. The maximum absolute atomic E-state index is 11.7. The Morgan fingerprint density at radius 1 is 1.11 bits per heavy atom. The molecule has 0 bridgehead atoms. The van der Waals surface area contributed by atoms with Crippen molar-refractivity contribution in [3.8, 4) is 5.75 Å². The van der Waals surface area contributed by atoms with Gasteiger partial charge in [0.15, 0.2) is 0 Å². The summed E-state index contributed by atoms with van der Waals surface area (Å²) in [6.07, 6.45) is 7.34. The molecule has 2 aliphatic carbocycles. The number of carboxylic acids is 1. The molecule has 3 heteroatoms. The van der Waals surface area contributed by atoms with E-state index in [2.05, 4.69) is 0 Å². The van der Waals surface area contributed by atoms with Gasteiger partial charge >= 0.3 is 5.97 Å². The molecule has 19 heavy (non-hydrogen) atoms. The largest absolute Gasteiger partial charge is 0.490 e. The van der Waals surface area contributed by atoms with Crippen LogP contribution in [0.25, 0.3) is 0 Å². The number of ether oxygens (including phenoxy) is 1. The van der Waals surface area contributed by atoms with Gasteiger partial charge in [0.05, 0.1) is 11.5 Å². The quantitative estimate of drug-likeness (QED) is 0.901. The highest BCUT2D eigenvalue weighted by Crippen LogP contribution is 2.40. The fourth-order valence-electron chi connectivity index (χ4n) is 3.01. The molecule has 1 aromatic carbocycles. The van der Waals surface area contributed by atoms with Crippen molar-refractivity contribution in [2.75, 3.05) is 0 Å². The first-order valence-corrected chi connectivity index (χ1v) is 7.21. The second kappa shape index (κ2) is 4.87. The van der Waals surface area contributed by atoms with Crippen LogP contribution in [0.15, 0.2) is 24.3 Å². The van der Waals surface area contributed by atoms with E-state index in [1.807, 2.05) is 24.3 Å². The van der Waals surface area contributed by atoms with Crippen LogP contribution >= 0.6 is 0 Å². The Balaban J connectivity index is 1.83. The highest BCUT2D eigenvalue weighted by molar-refractivity contribution is 5.81. The molecule has 0 heterocycles. The van der Waals surface area contributed by atoms with E-state index >= 15 is 0 Å². The van der Waals surface area contributed by atoms with E-state index in [1.54, 1.807) is 0 Å². The standard InChI is InChI=1S/C16H20O3/c17-15(18)16(10-2-1-3-11-16)12-4-6-13(7-5-12)19-14-8-9-14/h4-7,14H,1-3,8-11H2,(H,17,18). The molecule has 0 aliphatic heterocycles. The first kappa shape index (κ1) is 12.5. The number of rotatable bonds is 4. The number of aliphatic carboxylic acids is 1. The molecular formula is C16H20O3. The third-order valence-corrected chi connectivity index (χ3v) is 4.35. The maximum Gasteiger partial charge on any atom is 0.314 e. The van der Waals surface area contributed by atoms with Gasteiger partial charge in [0.25, 0.3) is 0 Å². The summed E-state index contributed by atoms with van der Waals surface area (Å²) in [5.74, 6) is 0.186. The van der Waals surface area contributed by atoms with Crippen molar-refractivity contribution in [2.45, 2.75) is 56.5 Å². The lowest BCUT2D eigenvalue weighted by Crippen LogP contribution is -2.37. The molecule has 0 radical (unpaired) electrons. The molecule has 0 amide bonds. The predicted octanol–water partition coefficient (Wildman–Crippen LogP) is 3.51. The topological polar surface area (TPSA) is 46.5 Å². The van der Waals surface area contributed by atoms with Gasteiger partial charge in [-0.15, -0.1) is 0 Å². The molecule has 0 aromatic heterocycles. The van der Waals surface area contributed by atoms with E-state index in [1.165, 1.54) is 0 Å². The molecule has 0 atom stereocenters. The zero-order chi connectivity index (χ0) is 13.3. The van der Waals surface area contributed by atoms with E-state index in [4.69, 9.17) is 4.74 Å². The summed E-state index contributed by atoms with van der Waals surface area (Å²) in [7, 11) is 0. The van der Waals surface area contributed by atoms with Crippen molar-refractivity contribution in [2.24, 2.45) is 0 Å². The monoisotopic (exact) mass is 260 g/mol. The van der Waals surface area contributed by atoms with Crippen LogP contribution in [-0.2, 0) is 10.2 Å². The average molecular weight is 260 g/mol. The SMILES string of the molecule is O=C(O)C1(c2ccc(OC3CC3)cc2)CCCCC1. The Morgan fingerprint density at radius 2 is 1.74 bits per heavy atom. The van der Waals surface area contributed by atoms with Gasteiger partial charge in [-0.25, -0.2) is 0 Å². The van der Waals surface area contributed by atoms with Gasteiger partial charge in [-0.05, 0) is 43.4 Å². The van der Waals surface area contributed by atoms with Crippen LogP contribution in [-0.4, -0.2) is 17.2 Å². The number of hydrogen-bond acceptors (Lipinski definition) is 2. The molecular weight excluding hydrogens is 240 g/mol. The summed E-state index contributed by atoms with van der Waals surface area (Å²) in [4.78, 5) is 11.7. The summed E-state index contributed by atoms with van der Waals surface area (Å²) >= 11 is 0. The lowest BCUT2D eigenvalue weighted by Gasteiger charge is -2.33. The highest BCUT2D eigenvalue weighted by atomic mass is 16.5. The minimum atomic E-state index is -0.678. The summed E-state index contributed by atoms with van der Waals surface area (Å²) in [6.45, 7) is 0. The van der Waals surface area contributed by atoms with E-state index < -0.39 is 11.4 Å². The second-order valence-corrected chi connectivity index (χ2v) is 5.79. The van der Waals surface area contributed by atoms with Crippen molar-refractivity contribution < 1.29 is 14.6 Å². The fraction of sp³-hybridized carbons (Fsp3) is 0.562. The maximum atomic E-state index is 11.7. The number of carboxylic acid groups (broad SMARTS) is 1. The van der Waals surface area contributed by atoms with Crippen molar-refractivity contribution in [3.05, 3.63) is 29.8 Å². The van der Waals surface area contributed by atoms with Crippen molar-refractivity contribution in [1.29, 1.82) is 0 Å². The van der Waals surface area contributed by atoms with Crippen molar-refractivity contribution in [1.82, 2.24) is 0 Å². The van der Waals surface area contributed by atoms with Crippen LogP contribution in [0.3, 0.4) is 0 Å². The van der Waals surface area contributed by atoms with Crippen molar-refractivity contribution in [3.63, 3.8) is 0 Å². The number of hydrogen-bond donors (Lipinski definition) is 1. The first-order chi connectivity index (χ1) is 9.21. The zero-order valence-electron chi connectivity index (χ0n) is 11.1. The molecule has 102 valence electrons. The summed E-state index contributed by atoms with van der Waals surface area (Å²) in [5, 5.41) is 9.64. The van der Waals surface area contributed by atoms with Gasteiger partial charge < -0.3 is 9.84 Å². The van der Waals surface area contributed by atoms with E-state index in [0.717, 1.165) is 56.3 Å². The Morgan fingerprint density at radius 3 is 2.26 bits per heavy atom. The van der Waals surface area contributed by atoms with Gasteiger partial charge in [0.1, 0.15) is 5.75 Å². The van der Waals surface area contributed by atoms with Crippen LogP contribution in [0.2, 0.25) is 0 Å². The van der Waals surface area contributed by atoms with Gasteiger partial charge in [-0.2, -0.15) is 0 Å². The third kappa shape index (κ3) is 2.46. The van der Waals surface area contributed by atoms with Gasteiger partial charge in [0, 0.05) is 0 Å². The molecule has 1 N–H and O–H groups in total. The first-order valence-electron chi connectivity index (χ1n) is 7.21. The van der Waals surface area contributed by atoms with Crippen LogP contribution in [0.4, 0.5) is 0 Å². The molecule has 0 unspecified atom stereocenters. The van der Waals surface area contributed by atoms with Crippen LogP contribution < -0.4 is 4.74 Å². The lowest BCUT2D eigenvalue weighted by atomic mass is 9.69. The molecule has 2 saturated carbocycles. The fourth-order valence-corrected chi connectivity index (χ4v) is 3.01. The predicted molar refractivity (Wildman–Crippen MR) is 72.5 cm³/mol. The molecule has 2 fully saturated rings. The molecule has 3 rings (SSSR count). The normalized spacial score (nSPS) is 21.9. The van der Waals surface area contributed by atoms with Gasteiger partial charge in [-0.3, -0.25) is 4.79 Å². The van der Waals surface area contributed by atoms with Gasteiger partial charge in [0.2, 0.25) is 0 Å². The summed E-state index contributed by atoms with van der Waals surface area (Å²) in [6, 6.07) is 7.73. The second-order valence-electron chi connectivity index (χ2n) is 5.79. The van der Waals surface area contributed by atoms with Crippen LogP contribution in [0.5, 0.6) is 5.75 Å². The molecule has 3 nitrogen and oxygen atoms in total. The smallest absolute Gasteiger partial charge is 0.314 e. The minimum Gasteiger partial charge on any atom is -0.490 e. The summed E-state index contributed by atoms with van der Waals surface area (Å²) < 4.78 is 5.71. The Kier molecular flexibility index (Phi) is 3.21. The van der Waals surface area contributed by atoms with Crippen LogP contribution in [0, 0.1) is 0 Å². The molecule has 0 saturated heterocycles. The molecule has 1 aromatic rings. The molecule has 0 spiro atoms. The Bertz CT molecular complexity index is 453. The zero-order valence-corrected chi connectivity index (χ0v) is 11.1. The lowest BCUT2D eigenvalue weighted by molar-refractivity contribution is -0.145. The van der Waals surface area contributed by atoms with E-state index in [0.29, 0.717) is 6.10 Å². The minimum absolute atomic E-state index is 0.383. The van der Waals surface area contributed by atoms with Crippen LogP contribution in [0.1, 0.15) is 50.5 Å². The molecule has 2 aliphatic rings. The van der Waals surface area contributed by atoms with Gasteiger partial charge in [-0.1, -0.05) is 31.4 Å². The third-order valence-electron chi connectivity index (χ3n) is 4.35. The van der Waals surface area contributed by atoms with Crippen molar-refractivity contribution >= 4 is 5.97 Å². The Labute approximate surface area is 113 Å². The van der Waals surface area contributed by atoms with E-state index in [9.17, 15) is 9.90 Å². The van der Waals surface area contributed by atoms with E-state index in [-0.39, 0.29) is 0 Å². The Hall–Kier alpha value is -1.51. The number of benzene rings is 1. The highest BCUT2D eigenvalue weighted by Gasteiger charge is 2.41.